The van der Waals surface area contributed by atoms with Crippen molar-refractivity contribution >= 4 is 32.5 Å². The minimum Gasteiger partial charge on any atom is -0.475 e. The van der Waals surface area contributed by atoms with E-state index in [1.807, 2.05) is 6.20 Å². The molecule has 1 aromatic heterocycles. The number of anilines is 1. The van der Waals surface area contributed by atoms with E-state index in [1.54, 1.807) is 0 Å². The maximum atomic E-state index is 6.47. The standard InChI is InChI=1S/C34H42BrN5O/c1-3-6-26(4-2)22-37-15-12-31(13-16-37)40-24-28-21-27(32-7-5-14-36-33(32)34(28)41-25-40)23-38-17-19-39(20-18-38)30-10-8-29(35)9-11-30/h3-11,14,21,31H,12-13,15-20,22-25H2,1-2H3/b6-3-,26-4+. The number of piperazine rings is 1. The van der Waals surface area contributed by atoms with Crippen LogP contribution in [0, 0.1) is 0 Å². The van der Waals surface area contributed by atoms with Gasteiger partial charge in [-0.3, -0.25) is 19.7 Å². The summed E-state index contributed by atoms with van der Waals surface area (Å²) in [6, 6.07) is 15.9. The van der Waals surface area contributed by atoms with Gasteiger partial charge in [-0.2, -0.15) is 0 Å². The third-order valence-corrected chi connectivity index (χ3v) is 9.47. The van der Waals surface area contributed by atoms with Crippen LogP contribution in [-0.4, -0.2) is 78.3 Å². The van der Waals surface area contributed by atoms with Gasteiger partial charge in [0.15, 0.2) is 5.75 Å². The predicted molar refractivity (Wildman–Crippen MR) is 172 cm³/mol. The Morgan fingerprint density at radius 1 is 1.00 bits per heavy atom. The number of halogens is 1. The SMILES string of the molecule is C/C=C\C(=C/C)CN1CCC(N2COc3c(cc(CN4CCN(c5ccc(Br)cc5)CC4)c4cccnc34)C2)CC1. The zero-order valence-electron chi connectivity index (χ0n) is 24.4. The lowest BCUT2D eigenvalue weighted by atomic mass is 9.98. The minimum absolute atomic E-state index is 0.560. The molecule has 0 aliphatic carbocycles. The van der Waals surface area contributed by atoms with Crippen molar-refractivity contribution in [3.8, 4) is 5.75 Å². The number of fused-ring (bicyclic) bond motifs is 3. The second-order valence-electron chi connectivity index (χ2n) is 11.6. The summed E-state index contributed by atoms with van der Waals surface area (Å²) >= 11 is 3.56. The normalized spacial score (nSPS) is 20.1. The van der Waals surface area contributed by atoms with Gasteiger partial charge < -0.3 is 9.64 Å². The molecule has 3 aliphatic rings. The number of rotatable bonds is 7. The summed E-state index contributed by atoms with van der Waals surface area (Å²) < 4.78 is 7.60. The molecule has 2 saturated heterocycles. The Labute approximate surface area is 253 Å². The molecule has 3 aromatic rings. The molecule has 6 rings (SSSR count). The number of piperidine rings is 1. The molecule has 7 heteroatoms. The zero-order valence-corrected chi connectivity index (χ0v) is 26.0. The maximum Gasteiger partial charge on any atom is 0.152 e. The van der Waals surface area contributed by atoms with Crippen molar-refractivity contribution in [2.75, 3.05) is 57.4 Å². The number of likely N-dealkylation sites (tertiary alicyclic amines) is 1. The number of nitrogens with zero attached hydrogens (tertiary/aromatic N) is 5. The summed E-state index contributed by atoms with van der Waals surface area (Å²) in [6.07, 6.45) is 10.9. The molecule has 2 aromatic carbocycles. The van der Waals surface area contributed by atoms with Crippen LogP contribution in [0.2, 0.25) is 0 Å². The highest BCUT2D eigenvalue weighted by Gasteiger charge is 2.30. The van der Waals surface area contributed by atoms with Gasteiger partial charge in [0.1, 0.15) is 12.2 Å². The Morgan fingerprint density at radius 2 is 1.78 bits per heavy atom. The molecule has 0 saturated carbocycles. The molecule has 216 valence electrons. The molecule has 41 heavy (non-hydrogen) atoms. The maximum absolute atomic E-state index is 6.47. The Kier molecular flexibility index (Phi) is 9.06. The second-order valence-corrected chi connectivity index (χ2v) is 12.5. The Balaban J connectivity index is 1.12. The first-order valence-electron chi connectivity index (χ1n) is 15.1. The van der Waals surface area contributed by atoms with Crippen molar-refractivity contribution in [1.82, 2.24) is 19.7 Å². The van der Waals surface area contributed by atoms with Gasteiger partial charge in [0.25, 0.3) is 0 Å². The van der Waals surface area contributed by atoms with Crippen molar-refractivity contribution in [2.45, 2.75) is 45.8 Å². The zero-order chi connectivity index (χ0) is 28.2. The molecular weight excluding hydrogens is 574 g/mol. The fourth-order valence-electron chi connectivity index (χ4n) is 6.62. The van der Waals surface area contributed by atoms with Crippen LogP contribution in [-0.2, 0) is 13.1 Å². The van der Waals surface area contributed by atoms with Crippen molar-refractivity contribution < 1.29 is 4.74 Å². The molecule has 0 N–H and O–H groups in total. The number of hydrogen-bond donors (Lipinski definition) is 0. The fourth-order valence-corrected chi connectivity index (χ4v) is 6.88. The molecule has 0 bridgehead atoms. The fraction of sp³-hybridized carbons (Fsp3) is 0.441. The molecular formula is C34H42BrN5O. The van der Waals surface area contributed by atoms with Gasteiger partial charge in [0.05, 0.1) is 0 Å². The average Bonchev–Trinajstić information content (AvgIpc) is 3.02. The van der Waals surface area contributed by atoms with Crippen LogP contribution in [0.15, 0.2) is 76.9 Å². The number of ether oxygens (including phenoxy) is 1. The Morgan fingerprint density at radius 3 is 2.51 bits per heavy atom. The first-order valence-corrected chi connectivity index (χ1v) is 15.9. The van der Waals surface area contributed by atoms with Gasteiger partial charge in [-0.15, -0.1) is 0 Å². The lowest BCUT2D eigenvalue weighted by molar-refractivity contribution is 0.0278. The molecule has 0 amide bonds. The number of allylic oxidation sites excluding steroid dienone is 2. The van der Waals surface area contributed by atoms with E-state index in [-0.39, 0.29) is 0 Å². The van der Waals surface area contributed by atoms with E-state index in [9.17, 15) is 0 Å². The van der Waals surface area contributed by atoms with Crippen LogP contribution in [0.4, 0.5) is 5.69 Å². The summed E-state index contributed by atoms with van der Waals surface area (Å²) in [5.74, 6) is 0.988. The molecule has 0 radical (unpaired) electrons. The molecule has 2 fully saturated rings. The van der Waals surface area contributed by atoms with Crippen molar-refractivity contribution in [1.29, 1.82) is 0 Å². The van der Waals surface area contributed by atoms with E-state index in [0.717, 1.165) is 74.6 Å². The van der Waals surface area contributed by atoms with Crippen LogP contribution in [0.3, 0.4) is 0 Å². The predicted octanol–water partition coefficient (Wildman–Crippen LogP) is 6.46. The largest absolute Gasteiger partial charge is 0.475 e. The number of hydrogen-bond acceptors (Lipinski definition) is 6. The number of aromatic nitrogens is 1. The average molecular weight is 617 g/mol. The topological polar surface area (TPSA) is 35.1 Å². The van der Waals surface area contributed by atoms with Gasteiger partial charge in [-0.1, -0.05) is 40.2 Å². The smallest absolute Gasteiger partial charge is 0.152 e. The highest BCUT2D eigenvalue weighted by molar-refractivity contribution is 9.10. The monoisotopic (exact) mass is 615 g/mol. The van der Waals surface area contributed by atoms with Crippen molar-refractivity contribution in [2.24, 2.45) is 0 Å². The van der Waals surface area contributed by atoms with Crippen LogP contribution >= 0.6 is 15.9 Å². The van der Waals surface area contributed by atoms with Crippen molar-refractivity contribution in [3.05, 3.63) is 88.1 Å². The highest BCUT2D eigenvalue weighted by Crippen LogP contribution is 2.37. The summed E-state index contributed by atoms with van der Waals surface area (Å²) in [6.45, 7) is 14.3. The Bertz CT molecular complexity index is 1390. The molecule has 0 atom stereocenters. The van der Waals surface area contributed by atoms with Crippen LogP contribution in [0.25, 0.3) is 10.9 Å². The molecule has 4 heterocycles. The third-order valence-electron chi connectivity index (χ3n) is 8.95. The van der Waals surface area contributed by atoms with E-state index in [2.05, 4.69) is 110 Å². The minimum atomic E-state index is 0.560. The lowest BCUT2D eigenvalue weighted by Crippen LogP contribution is -2.47. The first-order chi connectivity index (χ1) is 20.1. The molecule has 0 spiro atoms. The van der Waals surface area contributed by atoms with E-state index in [4.69, 9.17) is 9.72 Å². The number of pyridine rings is 1. The van der Waals surface area contributed by atoms with E-state index < -0.39 is 0 Å². The van der Waals surface area contributed by atoms with Crippen LogP contribution < -0.4 is 9.64 Å². The summed E-state index contributed by atoms with van der Waals surface area (Å²) in [7, 11) is 0. The third kappa shape index (κ3) is 6.54. The first kappa shape index (κ1) is 28.4. The van der Waals surface area contributed by atoms with Crippen molar-refractivity contribution in [3.63, 3.8) is 0 Å². The summed E-state index contributed by atoms with van der Waals surface area (Å²) in [4.78, 5) is 15.0. The highest BCUT2D eigenvalue weighted by atomic mass is 79.9. The van der Waals surface area contributed by atoms with E-state index in [1.165, 1.54) is 40.6 Å². The molecule has 0 unspecified atom stereocenters. The Hall–Kier alpha value is -2.71. The molecule has 6 nitrogen and oxygen atoms in total. The van der Waals surface area contributed by atoms with E-state index >= 15 is 0 Å². The number of benzene rings is 2. The van der Waals surface area contributed by atoms with Crippen LogP contribution in [0.1, 0.15) is 37.8 Å². The lowest BCUT2D eigenvalue weighted by Gasteiger charge is -2.41. The van der Waals surface area contributed by atoms with Gasteiger partial charge in [-0.05, 0) is 87.3 Å². The van der Waals surface area contributed by atoms with Gasteiger partial charge in [-0.25, -0.2) is 0 Å². The van der Waals surface area contributed by atoms with Gasteiger partial charge >= 0.3 is 0 Å². The second kappa shape index (κ2) is 13.1. The quantitative estimate of drug-likeness (QED) is 0.284. The van der Waals surface area contributed by atoms with Gasteiger partial charge in [0.2, 0.25) is 0 Å². The summed E-state index contributed by atoms with van der Waals surface area (Å²) in [5, 5.41) is 1.23. The van der Waals surface area contributed by atoms with Crippen LogP contribution in [0.5, 0.6) is 5.75 Å². The van der Waals surface area contributed by atoms with Gasteiger partial charge in [0, 0.05) is 79.2 Å². The summed E-state index contributed by atoms with van der Waals surface area (Å²) in [5.41, 5.74) is 6.39. The van der Waals surface area contributed by atoms with E-state index in [0.29, 0.717) is 12.8 Å². The molecule has 3 aliphatic heterocycles.